The van der Waals surface area contributed by atoms with Crippen molar-refractivity contribution in [2.24, 2.45) is 29.1 Å². The standard InChI is InChI=1S/C23H30O5/c1-11(2)6-16(25)18-19(26)14-8-13-7-12-9-17(22(12,3)4)23(13,5)28-21(14)15(10-24)20(18)27/h10-13,17,26-27H,6-9H2,1-5H3/t12-,13-,17+,23+/m1/s1. The predicted octanol–water partition coefficient (Wildman–Crippen LogP) is 4.51. The highest BCUT2D eigenvalue weighted by atomic mass is 16.5. The van der Waals surface area contributed by atoms with Crippen LogP contribution in [0.5, 0.6) is 17.2 Å². The maximum atomic E-state index is 12.7. The highest BCUT2D eigenvalue weighted by Gasteiger charge is 2.65. The van der Waals surface area contributed by atoms with Crippen LogP contribution in [0.3, 0.4) is 0 Å². The van der Waals surface area contributed by atoms with E-state index in [9.17, 15) is 19.8 Å². The first-order chi connectivity index (χ1) is 13.0. The summed E-state index contributed by atoms with van der Waals surface area (Å²) >= 11 is 0. The van der Waals surface area contributed by atoms with Gasteiger partial charge in [-0.05, 0) is 43.4 Å². The number of hydrogen-bond donors (Lipinski definition) is 2. The quantitative estimate of drug-likeness (QED) is 0.587. The zero-order valence-corrected chi connectivity index (χ0v) is 17.3. The van der Waals surface area contributed by atoms with Gasteiger partial charge in [-0.1, -0.05) is 27.7 Å². The molecule has 2 N–H and O–H groups in total. The van der Waals surface area contributed by atoms with E-state index < -0.39 is 11.4 Å². The van der Waals surface area contributed by atoms with Gasteiger partial charge in [0, 0.05) is 23.8 Å². The van der Waals surface area contributed by atoms with Crippen LogP contribution in [0.25, 0.3) is 0 Å². The molecule has 1 aromatic rings. The van der Waals surface area contributed by atoms with Gasteiger partial charge in [0.05, 0.1) is 5.56 Å². The van der Waals surface area contributed by atoms with Crippen LogP contribution in [0, 0.1) is 29.1 Å². The van der Waals surface area contributed by atoms with Crippen molar-refractivity contribution in [2.45, 2.75) is 65.9 Å². The maximum Gasteiger partial charge on any atom is 0.170 e. The van der Waals surface area contributed by atoms with Crippen molar-refractivity contribution < 1.29 is 24.5 Å². The van der Waals surface area contributed by atoms with E-state index >= 15 is 0 Å². The number of phenols is 2. The van der Waals surface area contributed by atoms with Gasteiger partial charge in [-0.25, -0.2) is 0 Å². The average molecular weight is 386 g/mol. The number of carbonyl (C=O) groups is 2. The van der Waals surface area contributed by atoms with Crippen LogP contribution in [0.1, 0.15) is 80.2 Å². The van der Waals surface area contributed by atoms with Crippen LogP contribution in [-0.2, 0) is 6.42 Å². The lowest BCUT2D eigenvalue weighted by Gasteiger charge is -2.67. The molecule has 3 fully saturated rings. The Labute approximate surface area is 166 Å². The molecule has 0 radical (unpaired) electrons. The third-order valence-corrected chi connectivity index (χ3v) is 7.84. The third-order valence-electron chi connectivity index (χ3n) is 7.84. The van der Waals surface area contributed by atoms with Crippen molar-refractivity contribution in [2.75, 3.05) is 0 Å². The van der Waals surface area contributed by atoms with Gasteiger partial charge in [-0.2, -0.15) is 0 Å². The molecule has 5 rings (SSSR count). The monoisotopic (exact) mass is 386 g/mol. The maximum absolute atomic E-state index is 12.7. The van der Waals surface area contributed by atoms with Gasteiger partial charge >= 0.3 is 0 Å². The second-order valence-corrected chi connectivity index (χ2v) is 10.2. The third kappa shape index (κ3) is 2.37. The highest BCUT2D eigenvalue weighted by Crippen LogP contribution is 2.67. The molecule has 4 aliphatic rings. The number of rotatable bonds is 4. The second kappa shape index (κ2) is 5.98. The number of hydrogen-bond acceptors (Lipinski definition) is 5. The molecule has 3 aliphatic carbocycles. The number of Topliss-reactive ketones (excluding diaryl/α,β-unsaturated/α-hetero) is 1. The Morgan fingerprint density at radius 3 is 2.43 bits per heavy atom. The number of carbonyl (C=O) groups excluding carboxylic acids is 2. The van der Waals surface area contributed by atoms with Gasteiger partial charge in [-0.3, -0.25) is 9.59 Å². The van der Waals surface area contributed by atoms with Crippen molar-refractivity contribution >= 4 is 12.1 Å². The van der Waals surface area contributed by atoms with Gasteiger partial charge in [0.2, 0.25) is 0 Å². The molecule has 3 saturated carbocycles. The first-order valence-corrected chi connectivity index (χ1v) is 10.3. The molecule has 1 aromatic carbocycles. The summed E-state index contributed by atoms with van der Waals surface area (Å²) in [6.45, 7) is 10.4. The normalized spacial score (nSPS) is 32.0. The molecule has 2 bridgehead atoms. The van der Waals surface area contributed by atoms with E-state index in [-0.39, 0.29) is 52.1 Å². The zero-order valence-electron chi connectivity index (χ0n) is 17.3. The summed E-state index contributed by atoms with van der Waals surface area (Å²) in [5.41, 5.74) is 0.0858. The van der Waals surface area contributed by atoms with E-state index in [2.05, 4.69) is 20.8 Å². The van der Waals surface area contributed by atoms with Gasteiger partial charge in [-0.15, -0.1) is 0 Å². The van der Waals surface area contributed by atoms with E-state index in [1.54, 1.807) is 0 Å². The lowest BCUT2D eigenvalue weighted by atomic mass is 9.41. The van der Waals surface area contributed by atoms with Crippen LogP contribution >= 0.6 is 0 Å². The van der Waals surface area contributed by atoms with Gasteiger partial charge in [0.15, 0.2) is 12.1 Å². The molecule has 0 amide bonds. The molecular weight excluding hydrogens is 356 g/mol. The van der Waals surface area contributed by atoms with Crippen molar-refractivity contribution in [1.82, 2.24) is 0 Å². The van der Waals surface area contributed by atoms with E-state index in [0.717, 1.165) is 12.8 Å². The molecule has 4 atom stereocenters. The van der Waals surface area contributed by atoms with Crippen LogP contribution < -0.4 is 4.74 Å². The Morgan fingerprint density at radius 2 is 1.86 bits per heavy atom. The Balaban J connectivity index is 1.84. The molecule has 1 aliphatic heterocycles. The summed E-state index contributed by atoms with van der Waals surface area (Å²) in [5, 5.41) is 21.6. The molecular formula is C23H30O5. The minimum atomic E-state index is -0.458. The fourth-order valence-electron chi connectivity index (χ4n) is 6.08. The van der Waals surface area contributed by atoms with Crippen LogP contribution in [0.4, 0.5) is 0 Å². The molecule has 5 heteroatoms. The molecule has 1 heterocycles. The van der Waals surface area contributed by atoms with Gasteiger partial charge in [0.25, 0.3) is 0 Å². The zero-order chi connectivity index (χ0) is 20.6. The number of fused-ring (bicyclic) bond motifs is 1. The lowest BCUT2D eigenvalue weighted by molar-refractivity contribution is -0.217. The lowest BCUT2D eigenvalue weighted by Crippen LogP contribution is -2.67. The molecule has 0 aromatic heterocycles. The Hall–Kier alpha value is -2.04. The van der Waals surface area contributed by atoms with Crippen LogP contribution in [0.2, 0.25) is 0 Å². The van der Waals surface area contributed by atoms with Crippen LogP contribution in [-0.4, -0.2) is 27.9 Å². The smallest absolute Gasteiger partial charge is 0.170 e. The summed E-state index contributed by atoms with van der Waals surface area (Å²) in [7, 11) is 0. The van der Waals surface area contributed by atoms with E-state index in [4.69, 9.17) is 4.74 Å². The molecule has 152 valence electrons. The number of aldehydes is 1. The van der Waals surface area contributed by atoms with Crippen LogP contribution in [0.15, 0.2) is 0 Å². The van der Waals surface area contributed by atoms with Crippen molar-refractivity contribution in [3.63, 3.8) is 0 Å². The Bertz CT molecular complexity index is 868. The minimum absolute atomic E-state index is 0.0150. The summed E-state index contributed by atoms with van der Waals surface area (Å²) in [6, 6.07) is 0. The number of phenolic OH excluding ortho intramolecular Hbond substituents is 2. The van der Waals surface area contributed by atoms with E-state index in [1.807, 2.05) is 13.8 Å². The fraction of sp³-hybridized carbons (Fsp3) is 0.652. The number of ether oxygens (including phenoxy) is 1. The predicted molar refractivity (Wildman–Crippen MR) is 105 cm³/mol. The highest BCUT2D eigenvalue weighted by molar-refractivity contribution is 6.05. The Morgan fingerprint density at radius 1 is 1.18 bits per heavy atom. The summed E-state index contributed by atoms with van der Waals surface area (Å²) < 4.78 is 6.45. The summed E-state index contributed by atoms with van der Waals surface area (Å²) in [5.74, 6) is 0.525. The van der Waals surface area contributed by atoms with Crippen molar-refractivity contribution in [3.8, 4) is 17.2 Å². The summed E-state index contributed by atoms with van der Waals surface area (Å²) in [4.78, 5) is 24.5. The minimum Gasteiger partial charge on any atom is -0.507 e. The SMILES string of the molecule is CC(C)CC(=O)c1c(O)c(C=O)c2c(c1O)C[C@H]1C[C@@H]3C[C@@H](C3(C)C)[C@@]1(C)O2. The average Bonchev–Trinajstić information content (AvgIpc) is 2.59. The molecule has 0 unspecified atom stereocenters. The topological polar surface area (TPSA) is 83.8 Å². The second-order valence-electron chi connectivity index (χ2n) is 10.2. The van der Waals surface area contributed by atoms with Crippen molar-refractivity contribution in [1.29, 1.82) is 0 Å². The van der Waals surface area contributed by atoms with E-state index in [1.165, 1.54) is 0 Å². The van der Waals surface area contributed by atoms with Gasteiger partial charge < -0.3 is 14.9 Å². The molecule has 0 saturated heterocycles. The number of ketones is 1. The van der Waals surface area contributed by atoms with Crippen molar-refractivity contribution in [3.05, 3.63) is 16.7 Å². The first-order valence-electron chi connectivity index (χ1n) is 10.3. The molecule has 5 nitrogen and oxygen atoms in total. The van der Waals surface area contributed by atoms with E-state index in [0.29, 0.717) is 30.1 Å². The number of benzene rings is 1. The Kier molecular flexibility index (Phi) is 4.12. The first kappa shape index (κ1) is 19.3. The largest absolute Gasteiger partial charge is 0.507 e. The molecule has 0 spiro atoms. The molecule has 28 heavy (non-hydrogen) atoms. The fourth-order valence-corrected chi connectivity index (χ4v) is 6.08. The summed E-state index contributed by atoms with van der Waals surface area (Å²) in [6.07, 6.45) is 3.41. The number of aromatic hydroxyl groups is 2. The van der Waals surface area contributed by atoms with Gasteiger partial charge in [0.1, 0.15) is 28.4 Å².